The van der Waals surface area contributed by atoms with Crippen molar-refractivity contribution in [3.05, 3.63) is 35.4 Å². The van der Waals surface area contributed by atoms with Crippen molar-refractivity contribution in [3.8, 4) is 0 Å². The lowest BCUT2D eigenvalue weighted by molar-refractivity contribution is -0.151. The first-order valence-electron chi connectivity index (χ1n) is 8.33. The molecule has 2 aliphatic heterocycles. The molecule has 1 fully saturated rings. The fourth-order valence-corrected chi connectivity index (χ4v) is 4.73. The van der Waals surface area contributed by atoms with E-state index in [2.05, 4.69) is 5.32 Å². The van der Waals surface area contributed by atoms with E-state index in [9.17, 15) is 27.6 Å². The quantitative estimate of drug-likeness (QED) is 0.504. The molecule has 3 rings (SSSR count). The minimum absolute atomic E-state index is 0.00579. The highest BCUT2D eigenvalue weighted by atomic mass is 32.2. The van der Waals surface area contributed by atoms with Gasteiger partial charge in [-0.25, -0.2) is 8.42 Å². The second kappa shape index (κ2) is 7.47. The predicted molar refractivity (Wildman–Crippen MR) is 92.4 cm³/mol. The van der Waals surface area contributed by atoms with E-state index in [1.807, 2.05) is 0 Å². The van der Waals surface area contributed by atoms with Crippen molar-refractivity contribution in [1.29, 1.82) is 0 Å². The topological polar surface area (TPSA) is 127 Å². The van der Waals surface area contributed by atoms with Gasteiger partial charge in [-0.15, -0.1) is 0 Å². The molecule has 144 valence electrons. The third-order valence-corrected chi connectivity index (χ3v) is 6.15. The van der Waals surface area contributed by atoms with Gasteiger partial charge in [0.15, 0.2) is 16.4 Å². The third-order valence-electron chi connectivity index (χ3n) is 4.38. The Morgan fingerprint density at radius 2 is 1.96 bits per heavy atom. The maximum Gasteiger partial charge on any atom is 0.326 e. The van der Waals surface area contributed by atoms with Crippen molar-refractivity contribution in [1.82, 2.24) is 10.2 Å². The highest BCUT2D eigenvalue weighted by molar-refractivity contribution is 7.91. The summed E-state index contributed by atoms with van der Waals surface area (Å²) in [5.74, 6) is -2.76. The van der Waals surface area contributed by atoms with Crippen LogP contribution < -0.4 is 5.32 Å². The van der Waals surface area contributed by atoms with Crippen LogP contribution in [0, 0.1) is 0 Å². The number of benzene rings is 1. The molecule has 27 heavy (non-hydrogen) atoms. The van der Waals surface area contributed by atoms with E-state index in [0.717, 1.165) is 4.90 Å². The van der Waals surface area contributed by atoms with Gasteiger partial charge >= 0.3 is 5.97 Å². The van der Waals surface area contributed by atoms with E-state index in [-0.39, 0.29) is 17.9 Å². The fourth-order valence-electron chi connectivity index (χ4n) is 3.06. The summed E-state index contributed by atoms with van der Waals surface area (Å²) < 4.78 is 27.5. The second-order valence-electron chi connectivity index (χ2n) is 6.45. The highest BCUT2D eigenvalue weighted by Crippen LogP contribution is 2.19. The average molecular weight is 394 g/mol. The van der Waals surface area contributed by atoms with Gasteiger partial charge in [0.2, 0.25) is 5.91 Å². The Bertz CT molecular complexity index is 910. The number of fused-ring (bicyclic) bond motifs is 1. The summed E-state index contributed by atoms with van der Waals surface area (Å²) in [6.07, 6.45) is 0.323. The van der Waals surface area contributed by atoms with E-state index in [1.165, 1.54) is 0 Å². The number of hydrogen-bond donors (Lipinski definition) is 1. The first-order chi connectivity index (χ1) is 12.7. The van der Waals surface area contributed by atoms with Gasteiger partial charge in [-0.3, -0.25) is 24.1 Å². The summed E-state index contributed by atoms with van der Waals surface area (Å²) in [6, 6.07) is 6.14. The van der Waals surface area contributed by atoms with Gasteiger partial charge in [0.25, 0.3) is 11.8 Å². The molecular weight excluding hydrogens is 376 g/mol. The SMILES string of the molecule is O=C(COC(=O)CN1C(=O)Cc2ccccc2C1=O)N[C@H]1CCS(=O)(=O)C1. The maximum atomic E-state index is 12.4. The Morgan fingerprint density at radius 1 is 1.22 bits per heavy atom. The summed E-state index contributed by atoms with van der Waals surface area (Å²) in [5.41, 5.74) is 0.952. The number of imide groups is 1. The Balaban J connectivity index is 1.50. The first kappa shape index (κ1) is 19.0. The molecule has 0 radical (unpaired) electrons. The Labute approximate surface area is 155 Å². The molecular formula is C17H18N2O7S. The Kier molecular flexibility index (Phi) is 5.26. The van der Waals surface area contributed by atoms with Crippen LogP contribution in [0.2, 0.25) is 0 Å². The van der Waals surface area contributed by atoms with E-state index in [1.54, 1.807) is 24.3 Å². The molecule has 1 aromatic rings. The largest absolute Gasteiger partial charge is 0.454 e. The number of amides is 3. The number of carbonyl (C=O) groups excluding carboxylic acids is 4. The Morgan fingerprint density at radius 3 is 2.67 bits per heavy atom. The molecule has 2 heterocycles. The molecule has 1 aromatic carbocycles. The second-order valence-corrected chi connectivity index (χ2v) is 8.68. The van der Waals surface area contributed by atoms with Crippen LogP contribution in [0.3, 0.4) is 0 Å². The third kappa shape index (κ3) is 4.51. The number of ether oxygens (including phenoxy) is 1. The number of nitrogens with one attached hydrogen (secondary N) is 1. The molecule has 0 saturated carbocycles. The van der Waals surface area contributed by atoms with Gasteiger partial charge in [0, 0.05) is 11.6 Å². The van der Waals surface area contributed by atoms with Crippen molar-refractivity contribution in [3.63, 3.8) is 0 Å². The monoisotopic (exact) mass is 394 g/mol. The van der Waals surface area contributed by atoms with Gasteiger partial charge in [-0.05, 0) is 18.1 Å². The minimum atomic E-state index is -3.13. The lowest BCUT2D eigenvalue weighted by Gasteiger charge is -2.25. The summed E-state index contributed by atoms with van der Waals surface area (Å²) in [5, 5.41) is 2.48. The van der Waals surface area contributed by atoms with Gasteiger partial charge in [0.05, 0.1) is 17.9 Å². The molecule has 10 heteroatoms. The van der Waals surface area contributed by atoms with Gasteiger partial charge in [-0.2, -0.15) is 0 Å². The van der Waals surface area contributed by atoms with Crippen LogP contribution in [0.15, 0.2) is 24.3 Å². The summed E-state index contributed by atoms with van der Waals surface area (Å²) in [4.78, 5) is 48.9. The van der Waals surface area contributed by atoms with E-state index >= 15 is 0 Å². The number of rotatable bonds is 5. The molecule has 3 amide bonds. The van der Waals surface area contributed by atoms with E-state index in [0.29, 0.717) is 17.5 Å². The molecule has 1 saturated heterocycles. The van der Waals surface area contributed by atoms with Crippen LogP contribution in [0.4, 0.5) is 0 Å². The minimum Gasteiger partial charge on any atom is -0.454 e. The first-order valence-corrected chi connectivity index (χ1v) is 10.2. The molecule has 1 atom stereocenters. The van der Waals surface area contributed by atoms with Crippen LogP contribution in [0.1, 0.15) is 22.3 Å². The molecule has 1 N–H and O–H groups in total. The van der Waals surface area contributed by atoms with Crippen molar-refractivity contribution >= 4 is 33.5 Å². The smallest absolute Gasteiger partial charge is 0.326 e. The summed E-state index contributed by atoms with van der Waals surface area (Å²) in [6.45, 7) is -1.20. The number of carbonyl (C=O) groups is 4. The zero-order valence-electron chi connectivity index (χ0n) is 14.3. The summed E-state index contributed by atoms with van der Waals surface area (Å²) in [7, 11) is -3.13. The standard InChI is InChI=1S/C17H18N2O7S/c20-14(18-12-5-6-27(24,25)10-12)9-26-16(22)8-19-15(21)7-11-3-1-2-4-13(11)17(19)23/h1-4,12H,5-10H2,(H,18,20)/t12-/m0/s1. The number of nitrogens with zero attached hydrogens (tertiary/aromatic N) is 1. The average Bonchev–Trinajstić information content (AvgIpc) is 2.95. The van der Waals surface area contributed by atoms with E-state index in [4.69, 9.17) is 4.74 Å². The van der Waals surface area contributed by atoms with Crippen LogP contribution >= 0.6 is 0 Å². The van der Waals surface area contributed by atoms with Crippen LogP contribution in [-0.2, 0) is 35.4 Å². The number of sulfone groups is 1. The predicted octanol–water partition coefficient (Wildman–Crippen LogP) is -0.942. The number of esters is 1. The lowest BCUT2D eigenvalue weighted by Crippen LogP contribution is -2.46. The Hall–Kier alpha value is -2.75. The van der Waals surface area contributed by atoms with Gasteiger partial charge < -0.3 is 10.1 Å². The highest BCUT2D eigenvalue weighted by Gasteiger charge is 2.33. The zero-order valence-corrected chi connectivity index (χ0v) is 15.2. The van der Waals surface area contributed by atoms with Crippen LogP contribution in [0.25, 0.3) is 0 Å². The maximum absolute atomic E-state index is 12.4. The van der Waals surface area contributed by atoms with E-state index < -0.39 is 52.7 Å². The van der Waals surface area contributed by atoms with Crippen molar-refractivity contribution < 1.29 is 32.3 Å². The van der Waals surface area contributed by atoms with Crippen molar-refractivity contribution in [2.75, 3.05) is 24.7 Å². The molecule has 0 aromatic heterocycles. The molecule has 0 unspecified atom stereocenters. The molecule has 0 aliphatic carbocycles. The van der Waals surface area contributed by atoms with Crippen LogP contribution in [0.5, 0.6) is 0 Å². The molecule has 0 bridgehead atoms. The van der Waals surface area contributed by atoms with Gasteiger partial charge in [-0.1, -0.05) is 18.2 Å². The fraction of sp³-hybridized carbons (Fsp3) is 0.412. The van der Waals surface area contributed by atoms with Gasteiger partial charge in [0.1, 0.15) is 6.54 Å². The van der Waals surface area contributed by atoms with Crippen molar-refractivity contribution in [2.45, 2.75) is 18.9 Å². The molecule has 2 aliphatic rings. The molecule has 0 spiro atoms. The zero-order chi connectivity index (χ0) is 19.6. The number of hydrogen-bond acceptors (Lipinski definition) is 7. The van der Waals surface area contributed by atoms with Crippen LogP contribution in [-0.4, -0.2) is 67.7 Å². The molecule has 9 nitrogen and oxygen atoms in total. The normalized spacial score (nSPS) is 20.9. The van der Waals surface area contributed by atoms with Crippen molar-refractivity contribution in [2.24, 2.45) is 0 Å². The lowest BCUT2D eigenvalue weighted by atomic mass is 9.98. The summed E-state index contributed by atoms with van der Waals surface area (Å²) >= 11 is 0.